The molecule has 102 valence electrons. The molecule has 0 saturated heterocycles. The quantitative estimate of drug-likeness (QED) is 0.515. The van der Waals surface area contributed by atoms with Gasteiger partial charge in [-0.25, -0.2) is 4.79 Å². The molecular weight excluding hydrogens is 232 g/mol. The first-order chi connectivity index (χ1) is 8.27. The van der Waals surface area contributed by atoms with Crippen molar-refractivity contribution in [1.82, 2.24) is 10.6 Å². The predicted octanol–water partition coefficient (Wildman–Crippen LogP) is 1.59. The summed E-state index contributed by atoms with van der Waals surface area (Å²) >= 11 is 0. The molecule has 0 rings (SSSR count). The minimum Gasteiger partial charge on any atom is -0.481 e. The standard InChI is InChI=1S/C13H22N2O3/c1-5-6-7-8-14-12(18)15-10(9-11(16)17)13(2,3)4/h10H,7-9H2,1-4H3,(H,16,17)(H2,14,15,18). The van der Waals surface area contributed by atoms with Gasteiger partial charge in [-0.2, -0.15) is 0 Å². The van der Waals surface area contributed by atoms with Crippen LogP contribution in [0.2, 0.25) is 0 Å². The van der Waals surface area contributed by atoms with Gasteiger partial charge in [0.05, 0.1) is 6.42 Å². The van der Waals surface area contributed by atoms with E-state index in [9.17, 15) is 9.59 Å². The van der Waals surface area contributed by atoms with Crippen molar-refractivity contribution in [1.29, 1.82) is 0 Å². The van der Waals surface area contributed by atoms with E-state index in [0.717, 1.165) is 0 Å². The molecule has 5 nitrogen and oxygen atoms in total. The van der Waals surface area contributed by atoms with Crippen LogP contribution in [0, 0.1) is 17.3 Å². The Morgan fingerprint density at radius 2 is 1.94 bits per heavy atom. The van der Waals surface area contributed by atoms with E-state index in [4.69, 9.17) is 5.11 Å². The maximum atomic E-state index is 11.6. The average molecular weight is 254 g/mol. The van der Waals surface area contributed by atoms with E-state index in [1.807, 2.05) is 20.8 Å². The number of rotatable bonds is 5. The van der Waals surface area contributed by atoms with Gasteiger partial charge in [-0.1, -0.05) is 20.8 Å². The van der Waals surface area contributed by atoms with Crippen molar-refractivity contribution in [3.63, 3.8) is 0 Å². The van der Waals surface area contributed by atoms with Crippen molar-refractivity contribution in [3.8, 4) is 11.8 Å². The minimum absolute atomic E-state index is 0.0916. The van der Waals surface area contributed by atoms with Crippen LogP contribution >= 0.6 is 0 Å². The van der Waals surface area contributed by atoms with E-state index < -0.39 is 12.0 Å². The third-order valence-electron chi connectivity index (χ3n) is 2.44. The molecule has 5 heteroatoms. The Bertz CT molecular complexity index is 347. The highest BCUT2D eigenvalue weighted by molar-refractivity contribution is 5.75. The number of carbonyl (C=O) groups is 2. The molecule has 1 atom stereocenters. The van der Waals surface area contributed by atoms with Gasteiger partial charge in [-0.05, 0) is 12.3 Å². The summed E-state index contributed by atoms with van der Waals surface area (Å²) in [6.07, 6.45) is 0.495. The number of carboxylic acids is 1. The first-order valence-corrected chi connectivity index (χ1v) is 5.93. The molecule has 0 fully saturated rings. The van der Waals surface area contributed by atoms with Crippen LogP contribution in [0.25, 0.3) is 0 Å². The Balaban J connectivity index is 4.26. The van der Waals surface area contributed by atoms with Crippen molar-refractivity contribution >= 4 is 12.0 Å². The Labute approximate surface area is 108 Å². The molecule has 0 aliphatic carbocycles. The van der Waals surface area contributed by atoms with Crippen LogP contribution in [0.1, 0.15) is 40.5 Å². The number of hydrogen-bond donors (Lipinski definition) is 3. The molecule has 0 aromatic carbocycles. The van der Waals surface area contributed by atoms with Gasteiger partial charge in [0.2, 0.25) is 0 Å². The van der Waals surface area contributed by atoms with Gasteiger partial charge in [0.15, 0.2) is 0 Å². The molecule has 18 heavy (non-hydrogen) atoms. The second-order valence-corrected chi connectivity index (χ2v) is 5.09. The van der Waals surface area contributed by atoms with Gasteiger partial charge in [0.25, 0.3) is 0 Å². The molecule has 0 aliphatic rings. The Kier molecular flexibility index (Phi) is 6.88. The van der Waals surface area contributed by atoms with E-state index in [0.29, 0.717) is 13.0 Å². The zero-order chi connectivity index (χ0) is 14.2. The van der Waals surface area contributed by atoms with E-state index in [1.165, 1.54) is 0 Å². The lowest BCUT2D eigenvalue weighted by atomic mass is 9.85. The van der Waals surface area contributed by atoms with Crippen molar-refractivity contribution in [2.24, 2.45) is 5.41 Å². The number of nitrogens with one attached hydrogen (secondary N) is 2. The van der Waals surface area contributed by atoms with Crippen LogP contribution in [0.5, 0.6) is 0 Å². The third kappa shape index (κ3) is 7.55. The maximum Gasteiger partial charge on any atom is 0.315 e. The summed E-state index contributed by atoms with van der Waals surface area (Å²) in [4.78, 5) is 22.3. The Morgan fingerprint density at radius 1 is 1.33 bits per heavy atom. The normalized spacial score (nSPS) is 12.0. The number of aliphatic carboxylic acids is 1. The number of carbonyl (C=O) groups excluding carboxylic acids is 1. The zero-order valence-electron chi connectivity index (χ0n) is 11.5. The molecule has 2 amide bonds. The van der Waals surface area contributed by atoms with Gasteiger partial charge in [-0.3, -0.25) is 4.79 Å². The fourth-order valence-corrected chi connectivity index (χ4v) is 1.32. The van der Waals surface area contributed by atoms with Crippen molar-refractivity contribution < 1.29 is 14.7 Å². The topological polar surface area (TPSA) is 78.4 Å². The van der Waals surface area contributed by atoms with Gasteiger partial charge in [-0.15, -0.1) is 11.8 Å². The summed E-state index contributed by atoms with van der Waals surface area (Å²) in [6.45, 7) is 7.87. The van der Waals surface area contributed by atoms with E-state index in [2.05, 4.69) is 22.5 Å². The van der Waals surface area contributed by atoms with Crippen molar-refractivity contribution in [2.75, 3.05) is 6.54 Å². The zero-order valence-corrected chi connectivity index (χ0v) is 11.5. The Morgan fingerprint density at radius 3 is 2.39 bits per heavy atom. The smallest absolute Gasteiger partial charge is 0.315 e. The molecule has 3 N–H and O–H groups in total. The SMILES string of the molecule is CC#CCCNC(=O)NC(CC(=O)O)C(C)(C)C. The lowest BCUT2D eigenvalue weighted by Gasteiger charge is -2.30. The largest absolute Gasteiger partial charge is 0.481 e. The molecule has 0 heterocycles. The Hall–Kier alpha value is -1.70. The highest BCUT2D eigenvalue weighted by atomic mass is 16.4. The fraction of sp³-hybridized carbons (Fsp3) is 0.692. The summed E-state index contributed by atoms with van der Waals surface area (Å²) in [7, 11) is 0. The summed E-state index contributed by atoms with van der Waals surface area (Å²) < 4.78 is 0. The first kappa shape index (κ1) is 16.3. The second-order valence-electron chi connectivity index (χ2n) is 5.09. The van der Waals surface area contributed by atoms with Crippen LogP contribution in [0.3, 0.4) is 0 Å². The van der Waals surface area contributed by atoms with E-state index >= 15 is 0 Å². The third-order valence-corrected chi connectivity index (χ3v) is 2.44. The number of urea groups is 1. The minimum atomic E-state index is -0.924. The summed E-state index contributed by atoms with van der Waals surface area (Å²) in [6, 6.07) is -0.763. The summed E-state index contributed by atoms with van der Waals surface area (Å²) in [5.74, 6) is 4.64. The molecule has 0 aromatic heterocycles. The van der Waals surface area contributed by atoms with Gasteiger partial charge >= 0.3 is 12.0 Å². The molecule has 0 saturated carbocycles. The van der Waals surface area contributed by atoms with Gasteiger partial charge < -0.3 is 15.7 Å². The lowest BCUT2D eigenvalue weighted by molar-refractivity contribution is -0.138. The van der Waals surface area contributed by atoms with Gasteiger partial charge in [0.1, 0.15) is 0 Å². The first-order valence-electron chi connectivity index (χ1n) is 5.93. The van der Waals surface area contributed by atoms with E-state index in [1.54, 1.807) is 6.92 Å². The molecule has 1 unspecified atom stereocenters. The summed E-state index contributed by atoms with van der Waals surface area (Å²) in [5, 5.41) is 14.2. The van der Waals surface area contributed by atoms with Crippen LogP contribution in [-0.4, -0.2) is 29.7 Å². The number of amides is 2. The second kappa shape index (κ2) is 7.59. The van der Waals surface area contributed by atoms with Gasteiger partial charge in [0, 0.05) is 19.0 Å². The molecule has 0 spiro atoms. The van der Waals surface area contributed by atoms with Crippen LogP contribution in [0.4, 0.5) is 4.79 Å². The highest BCUT2D eigenvalue weighted by Crippen LogP contribution is 2.21. The lowest BCUT2D eigenvalue weighted by Crippen LogP contribution is -2.49. The van der Waals surface area contributed by atoms with Crippen molar-refractivity contribution in [3.05, 3.63) is 0 Å². The highest BCUT2D eigenvalue weighted by Gasteiger charge is 2.28. The predicted molar refractivity (Wildman–Crippen MR) is 70.1 cm³/mol. The van der Waals surface area contributed by atoms with Crippen molar-refractivity contribution in [2.45, 2.75) is 46.6 Å². The van der Waals surface area contributed by atoms with Crippen LogP contribution < -0.4 is 10.6 Å². The maximum absolute atomic E-state index is 11.6. The molecule has 0 aliphatic heterocycles. The number of hydrogen-bond acceptors (Lipinski definition) is 2. The molecule has 0 aromatic rings. The molecule has 0 radical (unpaired) electrons. The molecular formula is C13H22N2O3. The fourth-order valence-electron chi connectivity index (χ4n) is 1.32. The van der Waals surface area contributed by atoms with E-state index in [-0.39, 0.29) is 17.9 Å². The number of carboxylic acid groups (broad SMARTS) is 1. The monoisotopic (exact) mass is 254 g/mol. The van der Waals surface area contributed by atoms with Crippen LogP contribution in [0.15, 0.2) is 0 Å². The van der Waals surface area contributed by atoms with Crippen LogP contribution in [-0.2, 0) is 4.79 Å². The average Bonchev–Trinajstić information content (AvgIpc) is 2.21. The summed E-state index contributed by atoms with van der Waals surface area (Å²) in [5.41, 5.74) is -0.307. The molecule has 0 bridgehead atoms.